The summed E-state index contributed by atoms with van der Waals surface area (Å²) in [5.74, 6) is 2.08. The highest BCUT2D eigenvalue weighted by Gasteiger charge is 2.23. The number of fused-ring (bicyclic) bond motifs is 3. The molecule has 0 saturated carbocycles. The minimum atomic E-state index is 0.402. The van der Waals surface area contributed by atoms with Gasteiger partial charge in [0.2, 0.25) is 11.9 Å². The molecule has 142 valence electrons. The Morgan fingerprint density at radius 1 is 0.793 bits per heavy atom. The molecule has 1 aliphatic rings. The number of nitrogens with one attached hydrogen (secondary N) is 2. The average Bonchev–Trinajstić information content (AvgIpc) is 2.75. The first-order valence-corrected chi connectivity index (χ1v) is 9.29. The van der Waals surface area contributed by atoms with Gasteiger partial charge in [-0.2, -0.15) is 4.98 Å². The van der Waals surface area contributed by atoms with Gasteiger partial charge in [-0.05, 0) is 37.1 Å². The highest BCUT2D eigenvalue weighted by molar-refractivity contribution is 5.74. The van der Waals surface area contributed by atoms with E-state index in [1.807, 2.05) is 48.5 Å². The highest BCUT2D eigenvalue weighted by Crippen LogP contribution is 2.34. The van der Waals surface area contributed by atoms with Crippen LogP contribution in [0.3, 0.4) is 0 Å². The summed E-state index contributed by atoms with van der Waals surface area (Å²) in [5, 5.41) is 6.34. The van der Waals surface area contributed by atoms with E-state index in [9.17, 15) is 0 Å². The monoisotopic (exact) mass is 382 g/mol. The molecule has 3 aromatic heterocycles. The minimum Gasteiger partial charge on any atom is -0.383 e. The van der Waals surface area contributed by atoms with Gasteiger partial charge in [0, 0.05) is 29.2 Å². The SMILES string of the molecule is Nc1nc(Nc2ccccn2)nc2c1CCc1nc(Nc3ccccc3)ncc1-2. The maximum Gasteiger partial charge on any atom is 0.230 e. The van der Waals surface area contributed by atoms with Crippen LogP contribution in [-0.2, 0) is 12.8 Å². The smallest absolute Gasteiger partial charge is 0.230 e. The molecule has 0 saturated heterocycles. The standard InChI is InChI=1S/C21H18N8/c22-19-14-9-10-16-15(12-24-20(26-16)25-13-6-2-1-3-7-13)18(14)28-21(29-19)27-17-8-4-5-11-23-17/h1-8,11-12H,9-10H2,(H,24,25,26)(H3,22,23,27,28,29). The van der Waals surface area contributed by atoms with Gasteiger partial charge >= 0.3 is 0 Å². The maximum atomic E-state index is 6.22. The summed E-state index contributed by atoms with van der Waals surface area (Å²) in [6.45, 7) is 0. The van der Waals surface area contributed by atoms with Crippen molar-refractivity contribution in [2.75, 3.05) is 16.4 Å². The number of nitrogens with two attached hydrogens (primary N) is 1. The third kappa shape index (κ3) is 3.43. The second-order valence-electron chi connectivity index (χ2n) is 6.64. The Labute approximate surface area is 167 Å². The molecule has 1 aliphatic carbocycles. The lowest BCUT2D eigenvalue weighted by atomic mass is 9.94. The topological polar surface area (TPSA) is 115 Å². The van der Waals surface area contributed by atoms with E-state index < -0.39 is 0 Å². The summed E-state index contributed by atoms with van der Waals surface area (Å²) >= 11 is 0. The van der Waals surface area contributed by atoms with Crippen LogP contribution in [0.4, 0.5) is 29.2 Å². The van der Waals surface area contributed by atoms with Crippen molar-refractivity contribution in [1.82, 2.24) is 24.9 Å². The molecule has 3 heterocycles. The summed E-state index contributed by atoms with van der Waals surface area (Å²) < 4.78 is 0. The lowest BCUT2D eigenvalue weighted by molar-refractivity contribution is 0.870. The van der Waals surface area contributed by atoms with Gasteiger partial charge in [0.15, 0.2) is 0 Å². The molecule has 29 heavy (non-hydrogen) atoms. The predicted octanol–water partition coefficient (Wildman–Crippen LogP) is 3.50. The number of nitrogens with zero attached hydrogens (tertiary/aromatic N) is 5. The van der Waals surface area contributed by atoms with Crippen molar-refractivity contribution in [3.05, 3.63) is 72.2 Å². The first-order chi connectivity index (χ1) is 14.3. The van der Waals surface area contributed by atoms with Crippen molar-refractivity contribution >= 4 is 29.2 Å². The zero-order valence-electron chi connectivity index (χ0n) is 15.5. The fraction of sp³-hybridized carbons (Fsp3) is 0.0952. The number of benzene rings is 1. The van der Waals surface area contributed by atoms with Crippen LogP contribution in [-0.4, -0.2) is 24.9 Å². The molecule has 1 aromatic carbocycles. The number of para-hydroxylation sites is 1. The number of rotatable bonds is 4. The van der Waals surface area contributed by atoms with E-state index in [4.69, 9.17) is 10.7 Å². The third-order valence-electron chi connectivity index (χ3n) is 4.71. The summed E-state index contributed by atoms with van der Waals surface area (Å²) in [7, 11) is 0. The predicted molar refractivity (Wildman–Crippen MR) is 112 cm³/mol. The van der Waals surface area contributed by atoms with Crippen LogP contribution < -0.4 is 16.4 Å². The Morgan fingerprint density at radius 2 is 1.66 bits per heavy atom. The summed E-state index contributed by atoms with van der Waals surface area (Å²) in [6.07, 6.45) is 4.99. The van der Waals surface area contributed by atoms with Gasteiger partial charge in [-0.15, -0.1) is 0 Å². The van der Waals surface area contributed by atoms with Gasteiger partial charge in [-0.3, -0.25) is 0 Å². The van der Waals surface area contributed by atoms with Gasteiger partial charge in [-0.1, -0.05) is 24.3 Å². The van der Waals surface area contributed by atoms with E-state index in [0.717, 1.165) is 41.0 Å². The van der Waals surface area contributed by atoms with Crippen molar-refractivity contribution in [2.45, 2.75) is 12.8 Å². The van der Waals surface area contributed by atoms with Gasteiger partial charge in [-0.25, -0.2) is 19.9 Å². The van der Waals surface area contributed by atoms with Gasteiger partial charge in [0.05, 0.1) is 11.4 Å². The van der Waals surface area contributed by atoms with E-state index >= 15 is 0 Å². The van der Waals surface area contributed by atoms with Crippen molar-refractivity contribution in [3.63, 3.8) is 0 Å². The Hall–Kier alpha value is -4.07. The number of anilines is 5. The molecule has 4 N–H and O–H groups in total. The van der Waals surface area contributed by atoms with E-state index in [-0.39, 0.29) is 0 Å². The molecular weight excluding hydrogens is 364 g/mol. The Kier molecular flexibility index (Phi) is 4.21. The van der Waals surface area contributed by atoms with E-state index in [2.05, 4.69) is 30.6 Å². The fourth-order valence-electron chi connectivity index (χ4n) is 3.34. The van der Waals surface area contributed by atoms with Crippen LogP contribution >= 0.6 is 0 Å². The van der Waals surface area contributed by atoms with Gasteiger partial charge in [0.1, 0.15) is 11.6 Å². The fourth-order valence-corrected chi connectivity index (χ4v) is 3.34. The van der Waals surface area contributed by atoms with Crippen LogP contribution in [0, 0.1) is 0 Å². The lowest BCUT2D eigenvalue weighted by Gasteiger charge is -2.20. The van der Waals surface area contributed by atoms with Crippen molar-refractivity contribution in [3.8, 4) is 11.3 Å². The number of nitrogen functional groups attached to an aromatic ring is 1. The molecule has 0 unspecified atom stereocenters. The largest absolute Gasteiger partial charge is 0.383 e. The molecule has 0 amide bonds. The van der Waals surface area contributed by atoms with Crippen LogP contribution in [0.1, 0.15) is 11.3 Å². The molecule has 0 spiro atoms. The van der Waals surface area contributed by atoms with Gasteiger partial charge < -0.3 is 16.4 Å². The zero-order chi connectivity index (χ0) is 19.6. The number of hydrogen-bond acceptors (Lipinski definition) is 8. The highest BCUT2D eigenvalue weighted by atomic mass is 15.2. The van der Waals surface area contributed by atoms with E-state index in [1.165, 1.54) is 0 Å². The average molecular weight is 382 g/mol. The molecule has 5 rings (SSSR count). The van der Waals surface area contributed by atoms with Crippen LogP contribution in [0.5, 0.6) is 0 Å². The molecule has 4 aromatic rings. The molecule has 0 aliphatic heterocycles. The van der Waals surface area contributed by atoms with Crippen molar-refractivity contribution < 1.29 is 0 Å². The van der Waals surface area contributed by atoms with E-state index in [0.29, 0.717) is 23.5 Å². The Bertz CT molecular complexity index is 1160. The van der Waals surface area contributed by atoms with E-state index in [1.54, 1.807) is 12.4 Å². The number of hydrogen-bond donors (Lipinski definition) is 3. The van der Waals surface area contributed by atoms with Crippen LogP contribution in [0.15, 0.2) is 60.9 Å². The maximum absolute atomic E-state index is 6.22. The Morgan fingerprint density at radius 3 is 2.48 bits per heavy atom. The quantitative estimate of drug-likeness (QED) is 0.491. The first kappa shape index (κ1) is 17.1. The molecule has 8 heteroatoms. The minimum absolute atomic E-state index is 0.402. The second kappa shape index (κ2) is 7.16. The van der Waals surface area contributed by atoms with Crippen LogP contribution in [0.25, 0.3) is 11.3 Å². The summed E-state index contributed by atoms with van der Waals surface area (Å²) in [5.41, 5.74) is 10.7. The van der Waals surface area contributed by atoms with Crippen molar-refractivity contribution in [2.24, 2.45) is 0 Å². The molecule has 8 nitrogen and oxygen atoms in total. The molecular formula is C21H18N8. The zero-order valence-corrected chi connectivity index (χ0v) is 15.5. The molecule has 0 radical (unpaired) electrons. The van der Waals surface area contributed by atoms with Gasteiger partial charge in [0.25, 0.3) is 0 Å². The molecule has 0 fully saturated rings. The normalized spacial score (nSPS) is 12.0. The lowest BCUT2D eigenvalue weighted by Crippen LogP contribution is -2.14. The second-order valence-corrected chi connectivity index (χ2v) is 6.64. The number of aromatic nitrogens is 5. The van der Waals surface area contributed by atoms with Crippen molar-refractivity contribution in [1.29, 1.82) is 0 Å². The summed E-state index contributed by atoms with van der Waals surface area (Å²) in [6, 6.07) is 15.4. The number of aryl methyl sites for hydroxylation is 1. The van der Waals surface area contributed by atoms with Crippen LogP contribution in [0.2, 0.25) is 0 Å². The number of pyridine rings is 1. The third-order valence-corrected chi connectivity index (χ3v) is 4.71. The first-order valence-electron chi connectivity index (χ1n) is 9.29. The molecule has 0 bridgehead atoms. The summed E-state index contributed by atoms with van der Waals surface area (Å²) in [4.78, 5) is 22.5. The Balaban J connectivity index is 1.49. The molecule has 0 atom stereocenters.